The summed E-state index contributed by atoms with van der Waals surface area (Å²) in [6.07, 6.45) is -12.5. The first-order chi connectivity index (χ1) is 25.0. The number of carbonyl (C=O) groups is 4. The summed E-state index contributed by atoms with van der Waals surface area (Å²) in [5, 5.41) is 9.82. The molecule has 0 aliphatic carbocycles. The Hall–Kier alpha value is -5.17. The van der Waals surface area contributed by atoms with Gasteiger partial charge < -0.3 is 42.6 Å². The zero-order valence-corrected chi connectivity index (χ0v) is 28.7. The number of esters is 4. The summed E-state index contributed by atoms with van der Waals surface area (Å²) in [4.78, 5) is 52.8. The molecule has 0 aromatic heterocycles. The molecule has 6 rings (SSSR count). The molecule has 3 aliphatic heterocycles. The van der Waals surface area contributed by atoms with Crippen molar-refractivity contribution in [3.8, 4) is 6.07 Å². The van der Waals surface area contributed by atoms with Gasteiger partial charge >= 0.3 is 23.9 Å². The molecule has 3 fully saturated rings. The van der Waals surface area contributed by atoms with Crippen LogP contribution in [0, 0.1) is 11.3 Å². The molecule has 0 bridgehead atoms. The standard InChI is InChI=1S/C38H37NO13/c1-21-27(47-33(41)24-14-8-5-9-15-24)29(49-35(43)26-18-12-7-13-19-26)31(46-23(3)40)36(44-21)50-30-28(48-34(42)25-16-10-6-11-17-25)22(2)45-37-32(30)51-38(4,20-39)52-37/h5-19,21-22,27-32,36-37H,1-4H3/t21-,22-,27-,28-,29+,30+,31+,32+,36-,37+,38-/m0/s1. The minimum Gasteiger partial charge on any atom is -0.453 e. The number of benzene rings is 3. The van der Waals surface area contributed by atoms with Gasteiger partial charge in [-0.2, -0.15) is 5.26 Å². The van der Waals surface area contributed by atoms with E-state index in [-0.39, 0.29) is 16.7 Å². The van der Waals surface area contributed by atoms with Gasteiger partial charge in [-0.15, -0.1) is 0 Å². The Morgan fingerprint density at radius 1 is 0.615 bits per heavy atom. The minimum absolute atomic E-state index is 0.176. The van der Waals surface area contributed by atoms with Gasteiger partial charge in [0.25, 0.3) is 5.79 Å². The SMILES string of the molecule is CC(=O)O[C@H]1[C@H](O[C@@H]2[C@@H](OC(=O)c3ccccc3)[C@H](C)O[C@@H]3O[C@@](C)(C#N)O[C@@H]32)O[C@@H](C)[C@H](OC(=O)c2ccccc2)[C@H]1OC(=O)c1ccccc1. The topological polar surface area (TPSA) is 175 Å². The third-order valence-electron chi connectivity index (χ3n) is 8.71. The molecule has 14 nitrogen and oxygen atoms in total. The highest BCUT2D eigenvalue weighted by atomic mass is 16.8. The molecule has 3 aliphatic rings. The van der Waals surface area contributed by atoms with Crippen molar-refractivity contribution < 1.29 is 61.8 Å². The molecule has 0 N–H and O–H groups in total. The van der Waals surface area contributed by atoms with Crippen LogP contribution in [0.1, 0.15) is 58.8 Å². The second kappa shape index (κ2) is 15.6. The van der Waals surface area contributed by atoms with E-state index in [1.807, 2.05) is 6.07 Å². The molecule has 0 unspecified atom stereocenters. The Bertz CT molecular complexity index is 1780. The van der Waals surface area contributed by atoms with Crippen LogP contribution in [0.3, 0.4) is 0 Å². The lowest BCUT2D eigenvalue weighted by Gasteiger charge is -2.47. The second-order valence-corrected chi connectivity index (χ2v) is 12.6. The van der Waals surface area contributed by atoms with E-state index in [0.717, 1.165) is 6.92 Å². The van der Waals surface area contributed by atoms with Crippen molar-refractivity contribution >= 4 is 23.9 Å². The summed E-state index contributed by atoms with van der Waals surface area (Å²) < 4.78 is 54.1. The lowest BCUT2D eigenvalue weighted by atomic mass is 9.96. The largest absolute Gasteiger partial charge is 0.453 e. The van der Waals surface area contributed by atoms with Gasteiger partial charge in [-0.3, -0.25) is 4.79 Å². The number of rotatable bonds is 9. The summed E-state index contributed by atoms with van der Waals surface area (Å²) >= 11 is 0. The highest BCUT2D eigenvalue weighted by molar-refractivity contribution is 5.90. The van der Waals surface area contributed by atoms with Gasteiger partial charge in [0.15, 0.2) is 37.0 Å². The molecule has 0 spiro atoms. The third-order valence-corrected chi connectivity index (χ3v) is 8.71. The molecule has 3 heterocycles. The zero-order valence-electron chi connectivity index (χ0n) is 28.7. The monoisotopic (exact) mass is 715 g/mol. The van der Waals surface area contributed by atoms with Gasteiger partial charge in [0.2, 0.25) is 0 Å². The quantitative estimate of drug-likeness (QED) is 0.228. The van der Waals surface area contributed by atoms with E-state index in [4.69, 9.17) is 42.6 Å². The average Bonchev–Trinajstić information content (AvgIpc) is 3.49. The number of nitrogens with zero attached hydrogens (tertiary/aromatic N) is 1. The Morgan fingerprint density at radius 2 is 1.06 bits per heavy atom. The highest BCUT2D eigenvalue weighted by Gasteiger charge is 2.60. The van der Waals surface area contributed by atoms with Crippen LogP contribution in [0.25, 0.3) is 0 Å². The van der Waals surface area contributed by atoms with Crippen LogP contribution in [-0.2, 0) is 47.4 Å². The molecule has 272 valence electrons. The fraction of sp³-hybridized carbons (Fsp3) is 0.395. The molecular formula is C38H37NO13. The van der Waals surface area contributed by atoms with Crippen molar-refractivity contribution in [3.05, 3.63) is 108 Å². The molecule has 11 atom stereocenters. The Balaban J connectivity index is 1.36. The summed E-state index contributed by atoms with van der Waals surface area (Å²) in [5.74, 6) is -4.80. The first kappa shape index (κ1) is 36.6. The van der Waals surface area contributed by atoms with Crippen molar-refractivity contribution in [2.45, 2.75) is 94.9 Å². The molecule has 0 saturated carbocycles. The molecule has 3 aromatic carbocycles. The van der Waals surface area contributed by atoms with E-state index in [1.165, 1.54) is 19.1 Å². The lowest BCUT2D eigenvalue weighted by Crippen LogP contribution is -2.65. The Labute approximate surface area is 299 Å². The lowest BCUT2D eigenvalue weighted by molar-refractivity contribution is -0.337. The summed E-state index contributed by atoms with van der Waals surface area (Å²) in [5.41, 5.74) is 0.641. The van der Waals surface area contributed by atoms with Crippen LogP contribution in [0.2, 0.25) is 0 Å². The number of hydrogen-bond acceptors (Lipinski definition) is 14. The van der Waals surface area contributed by atoms with E-state index in [9.17, 15) is 24.4 Å². The van der Waals surface area contributed by atoms with Crippen LogP contribution in [-0.4, -0.2) is 91.1 Å². The van der Waals surface area contributed by atoms with Crippen molar-refractivity contribution in [2.24, 2.45) is 0 Å². The van der Waals surface area contributed by atoms with E-state index in [0.29, 0.717) is 0 Å². The first-order valence-corrected chi connectivity index (χ1v) is 16.6. The zero-order chi connectivity index (χ0) is 37.0. The number of fused-ring (bicyclic) bond motifs is 1. The minimum atomic E-state index is -1.75. The normalized spacial score (nSPS) is 32.4. The molecule has 3 saturated heterocycles. The molecule has 0 amide bonds. The summed E-state index contributed by atoms with van der Waals surface area (Å²) in [6, 6.07) is 26.4. The number of ether oxygens (including phenoxy) is 9. The van der Waals surface area contributed by atoms with Crippen LogP contribution in [0.4, 0.5) is 0 Å². The third kappa shape index (κ3) is 7.99. The number of carbonyl (C=O) groups excluding carboxylic acids is 4. The van der Waals surface area contributed by atoms with Gasteiger partial charge in [-0.25, -0.2) is 14.4 Å². The predicted molar refractivity (Wildman–Crippen MR) is 176 cm³/mol. The second-order valence-electron chi connectivity index (χ2n) is 12.6. The van der Waals surface area contributed by atoms with Gasteiger partial charge in [0, 0.05) is 13.8 Å². The van der Waals surface area contributed by atoms with Crippen LogP contribution in [0.15, 0.2) is 91.0 Å². The first-order valence-electron chi connectivity index (χ1n) is 16.6. The summed E-state index contributed by atoms with van der Waals surface area (Å²) in [7, 11) is 0. The molecular weight excluding hydrogens is 678 g/mol. The fourth-order valence-corrected chi connectivity index (χ4v) is 6.22. The Kier molecular flexibility index (Phi) is 11.0. The maximum Gasteiger partial charge on any atom is 0.338 e. The fourth-order valence-electron chi connectivity index (χ4n) is 6.22. The van der Waals surface area contributed by atoms with Crippen LogP contribution < -0.4 is 0 Å². The smallest absolute Gasteiger partial charge is 0.338 e. The van der Waals surface area contributed by atoms with Gasteiger partial charge in [0.1, 0.15) is 18.3 Å². The van der Waals surface area contributed by atoms with Crippen molar-refractivity contribution in [3.63, 3.8) is 0 Å². The van der Waals surface area contributed by atoms with Crippen molar-refractivity contribution in [1.82, 2.24) is 0 Å². The van der Waals surface area contributed by atoms with E-state index >= 15 is 0 Å². The van der Waals surface area contributed by atoms with Crippen molar-refractivity contribution in [1.29, 1.82) is 5.26 Å². The van der Waals surface area contributed by atoms with E-state index < -0.39 is 91.1 Å². The summed E-state index contributed by atoms with van der Waals surface area (Å²) in [6.45, 7) is 5.72. The number of hydrogen-bond donors (Lipinski definition) is 0. The van der Waals surface area contributed by atoms with E-state index in [2.05, 4.69) is 0 Å². The highest BCUT2D eigenvalue weighted by Crippen LogP contribution is 2.41. The predicted octanol–water partition coefficient (Wildman–Crippen LogP) is 4.12. The maximum absolute atomic E-state index is 13.5. The van der Waals surface area contributed by atoms with Crippen molar-refractivity contribution in [2.75, 3.05) is 0 Å². The van der Waals surface area contributed by atoms with Gasteiger partial charge in [-0.05, 0) is 50.2 Å². The average molecular weight is 716 g/mol. The van der Waals surface area contributed by atoms with Gasteiger partial charge in [-0.1, -0.05) is 54.6 Å². The Morgan fingerprint density at radius 3 is 1.52 bits per heavy atom. The molecule has 3 aromatic rings. The maximum atomic E-state index is 13.5. The number of nitriles is 1. The van der Waals surface area contributed by atoms with Crippen LogP contribution in [0.5, 0.6) is 0 Å². The molecule has 14 heteroatoms. The van der Waals surface area contributed by atoms with Gasteiger partial charge in [0.05, 0.1) is 28.9 Å². The van der Waals surface area contributed by atoms with E-state index in [1.54, 1.807) is 92.7 Å². The molecule has 0 radical (unpaired) electrons. The van der Waals surface area contributed by atoms with Crippen LogP contribution >= 0.6 is 0 Å². The molecule has 52 heavy (non-hydrogen) atoms.